The molecule has 1 heterocycles. The van der Waals surface area contributed by atoms with E-state index in [1.807, 2.05) is 6.07 Å². The van der Waals surface area contributed by atoms with Crippen LogP contribution in [0.2, 0.25) is 0 Å². The molecule has 1 aromatic carbocycles. The lowest BCUT2D eigenvalue weighted by atomic mass is 9.81. The molecule has 2 nitrogen and oxygen atoms in total. The van der Waals surface area contributed by atoms with E-state index in [1.54, 1.807) is 0 Å². The van der Waals surface area contributed by atoms with Gasteiger partial charge in [-0.15, -0.1) is 0 Å². The molecule has 1 aliphatic heterocycles. The van der Waals surface area contributed by atoms with E-state index in [0.29, 0.717) is 0 Å². The average molecular weight is 247 g/mol. The van der Waals surface area contributed by atoms with Gasteiger partial charge in [-0.05, 0) is 54.7 Å². The first-order valence-electron chi connectivity index (χ1n) is 6.63. The molecule has 0 amide bonds. The summed E-state index contributed by atoms with van der Waals surface area (Å²) in [7, 11) is 2.19. The molecule has 0 spiro atoms. The van der Waals surface area contributed by atoms with E-state index in [4.69, 9.17) is 4.74 Å². The Morgan fingerprint density at radius 2 is 1.50 bits per heavy atom. The van der Waals surface area contributed by atoms with E-state index in [2.05, 4.69) is 71.7 Å². The van der Waals surface area contributed by atoms with Crippen molar-refractivity contribution < 1.29 is 4.74 Å². The highest BCUT2D eigenvalue weighted by Crippen LogP contribution is 2.46. The highest BCUT2D eigenvalue weighted by molar-refractivity contribution is 5.41. The Morgan fingerprint density at radius 1 is 0.944 bits per heavy atom. The minimum absolute atomic E-state index is 0.0478. The van der Waals surface area contributed by atoms with Gasteiger partial charge in [0.25, 0.3) is 0 Å². The van der Waals surface area contributed by atoms with Gasteiger partial charge in [-0.1, -0.05) is 18.2 Å². The molecule has 0 N–H and O–H groups in total. The van der Waals surface area contributed by atoms with Crippen LogP contribution >= 0.6 is 0 Å². The van der Waals surface area contributed by atoms with Gasteiger partial charge in [-0.3, -0.25) is 4.90 Å². The summed E-state index contributed by atoms with van der Waals surface area (Å²) in [6.45, 7) is 13.4. The van der Waals surface area contributed by atoms with Crippen molar-refractivity contribution >= 4 is 0 Å². The quantitative estimate of drug-likeness (QED) is 0.691. The zero-order valence-corrected chi connectivity index (χ0v) is 12.7. The predicted octanol–water partition coefficient (Wildman–Crippen LogP) is 3.80. The average Bonchev–Trinajstić information content (AvgIpc) is 2.30. The number of hydrogen-bond acceptors (Lipinski definition) is 2. The fourth-order valence-corrected chi connectivity index (χ4v) is 2.74. The van der Waals surface area contributed by atoms with Gasteiger partial charge < -0.3 is 4.74 Å². The van der Waals surface area contributed by atoms with Gasteiger partial charge in [0.05, 0.1) is 5.54 Å². The van der Waals surface area contributed by atoms with Crippen molar-refractivity contribution in [2.24, 2.45) is 0 Å². The molecule has 18 heavy (non-hydrogen) atoms. The molecule has 0 saturated heterocycles. The maximum absolute atomic E-state index is 6.32. The van der Waals surface area contributed by atoms with Gasteiger partial charge in [-0.25, -0.2) is 0 Å². The summed E-state index contributed by atoms with van der Waals surface area (Å²) < 4.78 is 6.32. The summed E-state index contributed by atoms with van der Waals surface area (Å²) in [6.07, 6.45) is 0. The van der Waals surface area contributed by atoms with Crippen LogP contribution in [-0.2, 0) is 5.54 Å². The second-order valence-electron chi connectivity index (χ2n) is 6.79. The van der Waals surface area contributed by atoms with Gasteiger partial charge >= 0.3 is 0 Å². The summed E-state index contributed by atoms with van der Waals surface area (Å²) in [4.78, 5) is 2.42. The lowest BCUT2D eigenvalue weighted by molar-refractivity contribution is -0.0669. The predicted molar refractivity (Wildman–Crippen MR) is 76.0 cm³/mol. The Balaban J connectivity index is 2.68. The Hall–Kier alpha value is -1.02. The highest BCUT2D eigenvalue weighted by Gasteiger charge is 2.50. The Labute approximate surface area is 111 Å². The van der Waals surface area contributed by atoms with Crippen molar-refractivity contribution in [1.82, 2.24) is 4.90 Å². The number of benzene rings is 1. The van der Waals surface area contributed by atoms with Gasteiger partial charge in [0, 0.05) is 11.1 Å². The Morgan fingerprint density at radius 3 is 2.11 bits per heavy atom. The lowest BCUT2D eigenvalue weighted by Gasteiger charge is -2.50. The molecule has 0 aromatic heterocycles. The molecule has 0 unspecified atom stereocenters. The van der Waals surface area contributed by atoms with Gasteiger partial charge in [0.15, 0.2) is 0 Å². The second kappa shape index (κ2) is 3.74. The van der Waals surface area contributed by atoms with E-state index >= 15 is 0 Å². The molecule has 2 rings (SSSR count). The van der Waals surface area contributed by atoms with Crippen molar-refractivity contribution in [2.45, 2.75) is 58.2 Å². The van der Waals surface area contributed by atoms with E-state index < -0.39 is 0 Å². The summed E-state index contributed by atoms with van der Waals surface area (Å²) >= 11 is 0. The third-order valence-corrected chi connectivity index (χ3v) is 5.06. The van der Waals surface area contributed by atoms with Crippen LogP contribution in [0.25, 0.3) is 0 Å². The van der Waals surface area contributed by atoms with Crippen molar-refractivity contribution in [1.29, 1.82) is 0 Å². The number of hydrogen-bond donors (Lipinski definition) is 0. The van der Waals surface area contributed by atoms with E-state index in [1.165, 1.54) is 5.56 Å². The fourth-order valence-electron chi connectivity index (χ4n) is 2.74. The monoisotopic (exact) mass is 247 g/mol. The molecule has 100 valence electrons. The molecule has 0 radical (unpaired) electrons. The van der Waals surface area contributed by atoms with Crippen molar-refractivity contribution in [3.63, 3.8) is 0 Å². The van der Waals surface area contributed by atoms with E-state index in [0.717, 1.165) is 5.75 Å². The smallest absolute Gasteiger partial charge is 0.125 e. The zero-order chi connectivity index (χ0) is 13.8. The van der Waals surface area contributed by atoms with Crippen LogP contribution in [0.3, 0.4) is 0 Å². The van der Waals surface area contributed by atoms with Gasteiger partial charge in [-0.2, -0.15) is 0 Å². The molecule has 0 fully saturated rings. The molecule has 0 bridgehead atoms. The van der Waals surface area contributed by atoms with Crippen LogP contribution in [0.15, 0.2) is 24.3 Å². The van der Waals surface area contributed by atoms with Crippen LogP contribution < -0.4 is 4.74 Å². The first kappa shape index (κ1) is 13.4. The molecule has 0 saturated carbocycles. The Bertz CT molecular complexity index is 460. The summed E-state index contributed by atoms with van der Waals surface area (Å²) in [6, 6.07) is 8.38. The summed E-state index contributed by atoms with van der Waals surface area (Å²) in [5.41, 5.74) is 0.904. The number of likely N-dealkylation sites (N-methyl/N-ethyl adjacent to an activating group) is 1. The fraction of sp³-hybridized carbons (Fsp3) is 0.625. The Kier molecular flexibility index (Phi) is 2.78. The van der Waals surface area contributed by atoms with Crippen LogP contribution in [0.5, 0.6) is 5.75 Å². The number of fused-ring (bicyclic) bond motifs is 1. The highest BCUT2D eigenvalue weighted by atomic mass is 16.5. The number of rotatable bonds is 0. The third kappa shape index (κ3) is 1.66. The lowest BCUT2D eigenvalue weighted by Crippen LogP contribution is -2.61. The third-order valence-electron chi connectivity index (χ3n) is 5.06. The maximum Gasteiger partial charge on any atom is 0.125 e. The van der Waals surface area contributed by atoms with Gasteiger partial charge in [0.2, 0.25) is 0 Å². The normalized spacial score (nSPS) is 24.8. The molecule has 0 atom stereocenters. The van der Waals surface area contributed by atoms with Crippen molar-refractivity contribution in [2.75, 3.05) is 7.05 Å². The second-order valence-corrected chi connectivity index (χ2v) is 6.79. The van der Waals surface area contributed by atoms with Crippen LogP contribution in [-0.4, -0.2) is 23.1 Å². The topological polar surface area (TPSA) is 12.5 Å². The molecular formula is C16H25NO. The summed E-state index contributed by atoms with van der Waals surface area (Å²) in [5.74, 6) is 1.00. The number of nitrogens with zero attached hydrogens (tertiary/aromatic N) is 1. The molecule has 1 aliphatic rings. The number of ether oxygens (including phenoxy) is 1. The van der Waals surface area contributed by atoms with Crippen molar-refractivity contribution in [3.05, 3.63) is 29.8 Å². The van der Waals surface area contributed by atoms with Crippen LogP contribution in [0.4, 0.5) is 0 Å². The van der Waals surface area contributed by atoms with Crippen LogP contribution in [0, 0.1) is 0 Å². The summed E-state index contributed by atoms with van der Waals surface area (Å²) in [5, 5.41) is 0. The largest absolute Gasteiger partial charge is 0.486 e. The van der Waals surface area contributed by atoms with E-state index in [9.17, 15) is 0 Å². The van der Waals surface area contributed by atoms with Crippen molar-refractivity contribution in [3.8, 4) is 5.75 Å². The first-order valence-corrected chi connectivity index (χ1v) is 6.63. The standard InChI is InChI=1S/C16H25NO/c1-14(2)12-10-8-9-11-13(12)18-16(5,6)15(3,4)17(14)7/h8-11H,1-7H3. The SMILES string of the molecule is CN1C(C)(C)c2ccccc2OC(C)(C)C1(C)C. The zero-order valence-electron chi connectivity index (χ0n) is 12.7. The van der Waals surface area contributed by atoms with Gasteiger partial charge in [0.1, 0.15) is 11.4 Å². The minimum atomic E-state index is -0.244. The molecular weight excluding hydrogens is 222 g/mol. The minimum Gasteiger partial charge on any atom is -0.486 e. The number of para-hydroxylation sites is 1. The van der Waals surface area contributed by atoms with Crippen LogP contribution in [0.1, 0.15) is 47.1 Å². The first-order chi connectivity index (χ1) is 8.11. The van der Waals surface area contributed by atoms with E-state index in [-0.39, 0.29) is 16.7 Å². The molecule has 0 aliphatic carbocycles. The molecule has 2 heteroatoms. The maximum atomic E-state index is 6.32. The molecule has 1 aromatic rings.